The summed E-state index contributed by atoms with van der Waals surface area (Å²) in [6.07, 6.45) is 3.51. The van der Waals surface area contributed by atoms with Crippen LogP contribution < -0.4 is 9.80 Å². The van der Waals surface area contributed by atoms with Gasteiger partial charge in [0.15, 0.2) is 0 Å². The highest BCUT2D eigenvalue weighted by Gasteiger charge is 2.23. The molecule has 1 aromatic carbocycles. The lowest BCUT2D eigenvalue weighted by atomic mass is 10.2. The van der Waals surface area contributed by atoms with E-state index in [9.17, 15) is 0 Å². The molecule has 0 bridgehead atoms. The van der Waals surface area contributed by atoms with Gasteiger partial charge in [-0.05, 0) is 18.2 Å². The quantitative estimate of drug-likeness (QED) is 0.724. The van der Waals surface area contributed by atoms with Crippen LogP contribution in [0.2, 0.25) is 5.02 Å². The summed E-state index contributed by atoms with van der Waals surface area (Å²) in [7, 11) is 0. The van der Waals surface area contributed by atoms with Crippen molar-refractivity contribution in [1.82, 2.24) is 20.1 Å². The van der Waals surface area contributed by atoms with E-state index in [1.54, 1.807) is 12.4 Å². The van der Waals surface area contributed by atoms with Crippen LogP contribution in [0.1, 0.15) is 0 Å². The zero-order valence-electron chi connectivity index (χ0n) is 12.8. The molecule has 1 saturated heterocycles. The van der Waals surface area contributed by atoms with Crippen molar-refractivity contribution in [2.24, 2.45) is 0 Å². The molecule has 1 aliphatic heterocycles. The van der Waals surface area contributed by atoms with E-state index in [0.717, 1.165) is 37.7 Å². The average molecular weight is 343 g/mol. The van der Waals surface area contributed by atoms with E-state index < -0.39 is 0 Å². The van der Waals surface area contributed by atoms with Gasteiger partial charge in [0, 0.05) is 49.2 Å². The largest absolute Gasteiger partial charge is 0.337 e. The summed E-state index contributed by atoms with van der Waals surface area (Å²) in [6.45, 7) is 3.16. The normalized spacial score (nSPS) is 14.9. The van der Waals surface area contributed by atoms with E-state index in [-0.39, 0.29) is 0 Å². The maximum atomic E-state index is 6.01. The summed E-state index contributed by atoms with van der Waals surface area (Å²) < 4.78 is 5.41. The van der Waals surface area contributed by atoms with Crippen LogP contribution in [0, 0.1) is 0 Å². The van der Waals surface area contributed by atoms with E-state index in [1.165, 1.54) is 0 Å². The maximum Gasteiger partial charge on any atom is 0.324 e. The highest BCUT2D eigenvalue weighted by molar-refractivity contribution is 6.30. The Morgan fingerprint density at radius 2 is 1.71 bits per heavy atom. The first-order valence-electron chi connectivity index (χ1n) is 7.66. The Morgan fingerprint density at radius 3 is 2.46 bits per heavy atom. The Balaban J connectivity index is 1.45. The molecule has 24 heavy (non-hydrogen) atoms. The summed E-state index contributed by atoms with van der Waals surface area (Å²) in [5, 5.41) is 4.70. The third kappa shape index (κ3) is 3.03. The van der Waals surface area contributed by atoms with Crippen molar-refractivity contribution >= 4 is 23.6 Å². The van der Waals surface area contributed by atoms with Gasteiger partial charge in [-0.15, -0.1) is 0 Å². The Bertz CT molecular complexity index is 816. The summed E-state index contributed by atoms with van der Waals surface area (Å²) in [4.78, 5) is 17.3. The number of anilines is 2. The summed E-state index contributed by atoms with van der Waals surface area (Å²) in [6, 6.07) is 9.75. The molecule has 4 rings (SSSR count). The minimum atomic E-state index is 0.526. The number of hydrogen-bond acceptors (Lipinski definition) is 7. The second kappa shape index (κ2) is 6.45. The van der Waals surface area contributed by atoms with Crippen molar-refractivity contribution in [3.05, 3.63) is 47.7 Å². The van der Waals surface area contributed by atoms with Gasteiger partial charge >= 0.3 is 6.01 Å². The van der Waals surface area contributed by atoms with Crippen molar-refractivity contribution in [3.63, 3.8) is 0 Å². The third-order valence-electron chi connectivity index (χ3n) is 3.88. The van der Waals surface area contributed by atoms with E-state index in [1.807, 2.05) is 30.3 Å². The van der Waals surface area contributed by atoms with Gasteiger partial charge in [0.05, 0.1) is 0 Å². The molecule has 1 fully saturated rings. The number of nitrogens with zero attached hydrogens (tertiary/aromatic N) is 6. The first-order chi connectivity index (χ1) is 11.8. The lowest BCUT2D eigenvalue weighted by molar-refractivity contribution is 0.409. The summed E-state index contributed by atoms with van der Waals surface area (Å²) in [5.41, 5.74) is 0.842. The van der Waals surface area contributed by atoms with Crippen LogP contribution >= 0.6 is 11.6 Å². The average Bonchev–Trinajstić information content (AvgIpc) is 3.13. The summed E-state index contributed by atoms with van der Waals surface area (Å²) >= 11 is 6.01. The van der Waals surface area contributed by atoms with Gasteiger partial charge < -0.3 is 14.3 Å². The molecule has 3 heterocycles. The predicted octanol–water partition coefficient (Wildman–Crippen LogP) is 2.51. The van der Waals surface area contributed by atoms with E-state index in [2.05, 4.69) is 29.9 Å². The second-order valence-electron chi connectivity index (χ2n) is 5.43. The van der Waals surface area contributed by atoms with Crippen LogP contribution in [-0.2, 0) is 0 Å². The summed E-state index contributed by atoms with van der Waals surface area (Å²) in [5.74, 6) is 1.30. The van der Waals surface area contributed by atoms with Crippen LogP contribution in [0.15, 0.2) is 47.2 Å². The minimum Gasteiger partial charge on any atom is -0.337 e. The fraction of sp³-hybridized carbons (Fsp3) is 0.250. The SMILES string of the molecule is Clc1cccc(-c2noc(N3CCN(c4ncccn4)CC3)n2)c1. The highest BCUT2D eigenvalue weighted by atomic mass is 35.5. The van der Waals surface area contributed by atoms with Gasteiger partial charge in [-0.2, -0.15) is 4.98 Å². The van der Waals surface area contributed by atoms with Gasteiger partial charge in [0.2, 0.25) is 11.8 Å². The van der Waals surface area contributed by atoms with Crippen LogP contribution in [0.5, 0.6) is 0 Å². The number of rotatable bonds is 3. The molecule has 0 N–H and O–H groups in total. The molecule has 7 nitrogen and oxygen atoms in total. The Labute approximate surface area is 143 Å². The zero-order chi connectivity index (χ0) is 16.4. The number of hydrogen-bond donors (Lipinski definition) is 0. The van der Waals surface area contributed by atoms with E-state index in [0.29, 0.717) is 16.9 Å². The Hall–Kier alpha value is -2.67. The highest BCUT2D eigenvalue weighted by Crippen LogP contribution is 2.23. The molecule has 1 aliphatic rings. The molecular weight excluding hydrogens is 328 g/mol. The smallest absolute Gasteiger partial charge is 0.324 e. The van der Waals surface area contributed by atoms with Crippen LogP contribution in [0.25, 0.3) is 11.4 Å². The lowest BCUT2D eigenvalue weighted by Crippen LogP contribution is -2.47. The molecule has 0 amide bonds. The third-order valence-corrected chi connectivity index (χ3v) is 4.12. The molecule has 3 aromatic rings. The predicted molar refractivity (Wildman–Crippen MR) is 91.2 cm³/mol. The van der Waals surface area contributed by atoms with Crippen LogP contribution in [-0.4, -0.2) is 46.3 Å². The van der Waals surface area contributed by atoms with Crippen molar-refractivity contribution < 1.29 is 4.52 Å². The molecule has 0 radical (unpaired) electrons. The molecular formula is C16H15ClN6O. The van der Waals surface area contributed by atoms with Crippen molar-refractivity contribution in [2.45, 2.75) is 0 Å². The van der Waals surface area contributed by atoms with Gasteiger partial charge in [0.1, 0.15) is 0 Å². The lowest BCUT2D eigenvalue weighted by Gasteiger charge is -2.33. The van der Waals surface area contributed by atoms with Gasteiger partial charge in [-0.25, -0.2) is 9.97 Å². The molecule has 0 atom stereocenters. The molecule has 0 unspecified atom stereocenters. The molecule has 8 heteroatoms. The first kappa shape index (κ1) is 14.9. The van der Waals surface area contributed by atoms with Crippen molar-refractivity contribution in [2.75, 3.05) is 36.0 Å². The van der Waals surface area contributed by atoms with E-state index in [4.69, 9.17) is 16.1 Å². The number of benzene rings is 1. The van der Waals surface area contributed by atoms with Gasteiger partial charge in [0.25, 0.3) is 0 Å². The monoisotopic (exact) mass is 342 g/mol. The second-order valence-corrected chi connectivity index (χ2v) is 5.87. The molecule has 0 saturated carbocycles. The van der Waals surface area contributed by atoms with Gasteiger partial charge in [-0.1, -0.05) is 28.9 Å². The maximum absolute atomic E-state index is 6.01. The molecule has 0 spiro atoms. The number of halogens is 1. The Kier molecular flexibility index (Phi) is 4.00. The Morgan fingerprint density at radius 1 is 0.958 bits per heavy atom. The number of aromatic nitrogens is 4. The number of piperazine rings is 1. The van der Waals surface area contributed by atoms with Crippen LogP contribution in [0.3, 0.4) is 0 Å². The molecule has 2 aromatic heterocycles. The standard InChI is InChI=1S/C16H15ClN6O/c17-13-4-1-3-12(11-13)14-20-16(24-21-14)23-9-7-22(8-10-23)15-18-5-2-6-19-15/h1-6,11H,7-10H2. The topological polar surface area (TPSA) is 71.2 Å². The van der Waals surface area contributed by atoms with Gasteiger partial charge in [-0.3, -0.25) is 0 Å². The van der Waals surface area contributed by atoms with Crippen molar-refractivity contribution in [1.29, 1.82) is 0 Å². The molecule has 122 valence electrons. The first-order valence-corrected chi connectivity index (χ1v) is 8.04. The fourth-order valence-corrected chi connectivity index (χ4v) is 2.83. The fourth-order valence-electron chi connectivity index (χ4n) is 2.64. The minimum absolute atomic E-state index is 0.526. The van der Waals surface area contributed by atoms with Crippen LogP contribution in [0.4, 0.5) is 12.0 Å². The van der Waals surface area contributed by atoms with Crippen molar-refractivity contribution in [3.8, 4) is 11.4 Å². The zero-order valence-corrected chi connectivity index (χ0v) is 13.6. The molecule has 0 aliphatic carbocycles. The van der Waals surface area contributed by atoms with E-state index >= 15 is 0 Å².